The maximum Gasteiger partial charge on any atom is 0.240 e. The van der Waals surface area contributed by atoms with Crippen LogP contribution >= 0.6 is 11.3 Å². The fourth-order valence-electron chi connectivity index (χ4n) is 1.80. The number of rotatable bonds is 6. The van der Waals surface area contributed by atoms with Crippen LogP contribution in [0.2, 0.25) is 0 Å². The molecule has 1 heterocycles. The van der Waals surface area contributed by atoms with Crippen molar-refractivity contribution in [3.05, 3.63) is 34.3 Å². The lowest BCUT2D eigenvalue weighted by atomic mass is 10.2. The molecule has 1 aromatic heterocycles. The molecule has 8 heteroatoms. The molecule has 0 saturated carbocycles. The molecule has 0 spiro atoms. The number of hydrogen-bond donors (Lipinski definition) is 3. The average Bonchev–Trinajstić information content (AvgIpc) is 2.83. The van der Waals surface area contributed by atoms with Crippen LogP contribution in [-0.2, 0) is 16.6 Å². The van der Waals surface area contributed by atoms with E-state index in [0.29, 0.717) is 24.5 Å². The summed E-state index contributed by atoms with van der Waals surface area (Å²) in [7, 11) is -3.49. The van der Waals surface area contributed by atoms with Gasteiger partial charge in [-0.1, -0.05) is 6.92 Å². The predicted molar refractivity (Wildman–Crippen MR) is 85.9 cm³/mol. The molecule has 0 aliphatic rings. The van der Waals surface area contributed by atoms with Crippen LogP contribution in [0.1, 0.15) is 17.6 Å². The van der Waals surface area contributed by atoms with E-state index in [1.807, 2.05) is 12.3 Å². The number of sulfonamides is 1. The summed E-state index contributed by atoms with van der Waals surface area (Å²) < 4.78 is 26.4. The molecule has 4 N–H and O–H groups in total. The monoisotopic (exact) mass is 326 g/mol. The number of anilines is 2. The molecule has 0 amide bonds. The summed E-state index contributed by atoms with van der Waals surface area (Å²) in [6, 6.07) is 4.61. The predicted octanol–water partition coefficient (Wildman–Crippen LogP) is 1.94. The molecule has 0 aliphatic heterocycles. The van der Waals surface area contributed by atoms with E-state index >= 15 is 0 Å². The van der Waals surface area contributed by atoms with Crippen LogP contribution in [0, 0.1) is 6.92 Å². The fourth-order valence-corrected chi connectivity index (χ4v) is 3.48. The van der Waals surface area contributed by atoms with E-state index in [1.165, 1.54) is 12.1 Å². The molecule has 0 unspecified atom stereocenters. The zero-order valence-corrected chi connectivity index (χ0v) is 13.5. The molecule has 0 aliphatic carbocycles. The lowest BCUT2D eigenvalue weighted by Crippen LogP contribution is -2.23. The summed E-state index contributed by atoms with van der Waals surface area (Å²) in [6.45, 7) is 4.51. The molecule has 2 aromatic rings. The lowest BCUT2D eigenvalue weighted by molar-refractivity contribution is 0.584. The molecule has 114 valence electrons. The quantitative estimate of drug-likeness (QED) is 0.705. The molecule has 0 fully saturated rings. The number of nitrogens with zero attached hydrogens (tertiary/aromatic N) is 1. The summed E-state index contributed by atoms with van der Waals surface area (Å²) in [5.74, 6) is 0. The molecule has 1 aromatic carbocycles. The molecule has 6 nitrogen and oxygen atoms in total. The van der Waals surface area contributed by atoms with Gasteiger partial charge in [0.15, 0.2) is 0 Å². The van der Waals surface area contributed by atoms with Gasteiger partial charge in [-0.15, -0.1) is 11.3 Å². The van der Waals surface area contributed by atoms with Crippen molar-refractivity contribution >= 4 is 32.7 Å². The Bertz CT molecular complexity index is 726. The van der Waals surface area contributed by atoms with Crippen molar-refractivity contribution in [1.82, 2.24) is 9.71 Å². The largest absolute Gasteiger partial charge is 0.397 e. The van der Waals surface area contributed by atoms with E-state index in [1.54, 1.807) is 24.3 Å². The maximum absolute atomic E-state index is 12.0. The number of nitrogens with two attached hydrogens (primary N) is 1. The number of thiazole rings is 1. The van der Waals surface area contributed by atoms with Gasteiger partial charge in [-0.05, 0) is 25.1 Å². The lowest BCUT2D eigenvalue weighted by Gasteiger charge is -2.11. The number of nitrogen functional groups attached to an aromatic ring is 1. The highest BCUT2D eigenvalue weighted by molar-refractivity contribution is 7.89. The minimum atomic E-state index is -3.49. The molecule has 0 saturated heterocycles. The van der Waals surface area contributed by atoms with Gasteiger partial charge in [0.05, 0.1) is 33.5 Å². The van der Waals surface area contributed by atoms with Crippen molar-refractivity contribution in [2.24, 2.45) is 0 Å². The number of hydrogen-bond acceptors (Lipinski definition) is 6. The smallest absolute Gasteiger partial charge is 0.240 e. The zero-order valence-electron chi connectivity index (χ0n) is 11.9. The second-order valence-corrected chi connectivity index (χ2v) is 7.29. The van der Waals surface area contributed by atoms with Gasteiger partial charge in [-0.2, -0.15) is 0 Å². The normalized spacial score (nSPS) is 11.5. The van der Waals surface area contributed by atoms with Crippen molar-refractivity contribution in [2.45, 2.75) is 25.3 Å². The topological polar surface area (TPSA) is 97.1 Å². The van der Waals surface area contributed by atoms with Crippen LogP contribution in [0.3, 0.4) is 0 Å². The summed E-state index contributed by atoms with van der Waals surface area (Å²) in [5, 5.41) is 6.07. The van der Waals surface area contributed by atoms with E-state index in [-0.39, 0.29) is 4.90 Å². The van der Waals surface area contributed by atoms with Gasteiger partial charge in [0.25, 0.3) is 0 Å². The van der Waals surface area contributed by atoms with Gasteiger partial charge in [-0.3, -0.25) is 0 Å². The maximum atomic E-state index is 12.0. The molecule has 0 atom stereocenters. The summed E-state index contributed by atoms with van der Waals surface area (Å²) in [5.41, 5.74) is 7.86. The van der Waals surface area contributed by atoms with Crippen molar-refractivity contribution in [3.63, 3.8) is 0 Å². The Kier molecular flexibility index (Phi) is 4.81. The standard InChI is InChI=1S/C13H18N4O2S2/c1-3-16-21(18,19)11-4-5-12(14)13(6-11)15-7-10-8-20-9(2)17-10/h4-6,8,15-16H,3,7,14H2,1-2H3. The van der Waals surface area contributed by atoms with Crippen LogP contribution in [0.15, 0.2) is 28.5 Å². The third-order valence-electron chi connectivity index (χ3n) is 2.80. The van der Waals surface area contributed by atoms with E-state index in [9.17, 15) is 8.42 Å². The van der Waals surface area contributed by atoms with Crippen molar-refractivity contribution < 1.29 is 8.42 Å². The van der Waals surface area contributed by atoms with Crippen LogP contribution in [0.25, 0.3) is 0 Å². The highest BCUT2D eigenvalue weighted by atomic mass is 32.2. The summed E-state index contributed by atoms with van der Waals surface area (Å²) in [6.07, 6.45) is 0. The first-order valence-corrected chi connectivity index (χ1v) is 8.82. The van der Waals surface area contributed by atoms with Gasteiger partial charge in [-0.25, -0.2) is 18.1 Å². The van der Waals surface area contributed by atoms with E-state index in [2.05, 4.69) is 15.0 Å². The third-order valence-corrected chi connectivity index (χ3v) is 5.16. The Hall–Kier alpha value is -1.64. The first kappa shape index (κ1) is 15.7. The molecule has 2 rings (SSSR count). The SMILES string of the molecule is CCNS(=O)(=O)c1ccc(N)c(NCc2csc(C)n2)c1. The van der Waals surface area contributed by atoms with E-state index in [0.717, 1.165) is 10.7 Å². The number of aryl methyl sites for hydroxylation is 1. The second kappa shape index (κ2) is 6.42. The zero-order chi connectivity index (χ0) is 15.5. The molecular weight excluding hydrogens is 308 g/mol. The van der Waals surface area contributed by atoms with E-state index in [4.69, 9.17) is 5.73 Å². The highest BCUT2D eigenvalue weighted by Crippen LogP contribution is 2.23. The Balaban J connectivity index is 2.19. The Labute approximate surface area is 128 Å². The third kappa shape index (κ3) is 3.93. The Morgan fingerprint density at radius 1 is 1.38 bits per heavy atom. The van der Waals surface area contributed by atoms with Gasteiger partial charge in [0.1, 0.15) is 0 Å². The van der Waals surface area contributed by atoms with Crippen molar-refractivity contribution in [1.29, 1.82) is 0 Å². The van der Waals surface area contributed by atoms with Crippen molar-refractivity contribution in [2.75, 3.05) is 17.6 Å². The second-order valence-electron chi connectivity index (χ2n) is 4.46. The molecule has 0 bridgehead atoms. The minimum absolute atomic E-state index is 0.190. The average molecular weight is 326 g/mol. The van der Waals surface area contributed by atoms with E-state index < -0.39 is 10.0 Å². The first-order chi connectivity index (χ1) is 9.92. The van der Waals surface area contributed by atoms with Crippen LogP contribution in [-0.4, -0.2) is 19.9 Å². The number of benzene rings is 1. The van der Waals surface area contributed by atoms with Gasteiger partial charge in [0, 0.05) is 11.9 Å². The van der Waals surface area contributed by atoms with Crippen LogP contribution < -0.4 is 15.8 Å². The summed E-state index contributed by atoms with van der Waals surface area (Å²) in [4.78, 5) is 4.53. The summed E-state index contributed by atoms with van der Waals surface area (Å²) >= 11 is 1.57. The fraction of sp³-hybridized carbons (Fsp3) is 0.308. The number of nitrogens with one attached hydrogen (secondary N) is 2. The van der Waals surface area contributed by atoms with Crippen molar-refractivity contribution in [3.8, 4) is 0 Å². The molecule has 21 heavy (non-hydrogen) atoms. The van der Waals surface area contributed by atoms with Crippen LogP contribution in [0.5, 0.6) is 0 Å². The molecular formula is C13H18N4O2S2. The van der Waals surface area contributed by atoms with Gasteiger partial charge < -0.3 is 11.1 Å². The minimum Gasteiger partial charge on any atom is -0.397 e. The van der Waals surface area contributed by atoms with Gasteiger partial charge in [0.2, 0.25) is 10.0 Å². The highest BCUT2D eigenvalue weighted by Gasteiger charge is 2.14. The Morgan fingerprint density at radius 3 is 2.76 bits per heavy atom. The number of aromatic nitrogens is 1. The first-order valence-electron chi connectivity index (χ1n) is 6.46. The Morgan fingerprint density at radius 2 is 2.14 bits per heavy atom. The van der Waals surface area contributed by atoms with Crippen LogP contribution in [0.4, 0.5) is 11.4 Å². The van der Waals surface area contributed by atoms with Gasteiger partial charge >= 0.3 is 0 Å². The molecule has 0 radical (unpaired) electrons.